The Kier molecular flexibility index (Phi) is 4.10. The molecular weight excluding hydrogens is 240 g/mol. The van der Waals surface area contributed by atoms with Gasteiger partial charge < -0.3 is 15.7 Å². The molecule has 104 valence electrons. The zero-order valence-corrected chi connectivity index (χ0v) is 11.6. The molecule has 1 amide bonds. The predicted octanol–water partition coefficient (Wildman–Crippen LogP) is 1.64. The summed E-state index contributed by atoms with van der Waals surface area (Å²) in [6.45, 7) is 6.18. The van der Waals surface area contributed by atoms with Gasteiger partial charge in [-0.2, -0.15) is 0 Å². The number of benzene rings is 1. The van der Waals surface area contributed by atoms with E-state index in [1.54, 1.807) is 12.1 Å². The maximum atomic E-state index is 12.5. The first-order chi connectivity index (χ1) is 9.06. The highest BCUT2D eigenvalue weighted by molar-refractivity contribution is 5.83. The molecule has 19 heavy (non-hydrogen) atoms. The molecule has 0 radical (unpaired) electrons. The van der Waals surface area contributed by atoms with Crippen LogP contribution in [-0.4, -0.2) is 24.1 Å². The van der Waals surface area contributed by atoms with Crippen LogP contribution in [0.15, 0.2) is 24.3 Å². The molecule has 0 bridgehead atoms. The van der Waals surface area contributed by atoms with Crippen molar-refractivity contribution < 1.29 is 9.90 Å². The number of carbonyl (C=O) groups excluding carboxylic acids is 1. The van der Waals surface area contributed by atoms with Crippen molar-refractivity contribution in [2.24, 2.45) is 11.3 Å². The normalized spacial score (nSPS) is 22.7. The third-order valence-corrected chi connectivity index (χ3v) is 4.18. The summed E-state index contributed by atoms with van der Waals surface area (Å²) in [7, 11) is 0. The molecule has 0 aromatic heterocycles. The number of phenolic OH excluding ortho intramolecular Hbond substituents is 1. The third kappa shape index (κ3) is 2.73. The molecule has 1 aromatic carbocycles. The molecule has 1 aliphatic heterocycles. The zero-order chi connectivity index (χ0) is 13.9. The van der Waals surface area contributed by atoms with Gasteiger partial charge in [0, 0.05) is 18.7 Å². The minimum absolute atomic E-state index is 0.0794. The van der Waals surface area contributed by atoms with E-state index in [-0.39, 0.29) is 17.1 Å². The zero-order valence-electron chi connectivity index (χ0n) is 11.6. The molecule has 1 fully saturated rings. The minimum Gasteiger partial charge on any atom is -0.508 e. The molecule has 4 nitrogen and oxygen atoms in total. The van der Waals surface area contributed by atoms with Crippen LogP contribution in [0, 0.1) is 11.3 Å². The molecule has 0 saturated carbocycles. The number of amides is 1. The lowest BCUT2D eigenvalue weighted by molar-refractivity contribution is -0.132. The number of hydrogen-bond acceptors (Lipinski definition) is 3. The fourth-order valence-electron chi connectivity index (χ4n) is 2.67. The van der Waals surface area contributed by atoms with Gasteiger partial charge in [-0.25, -0.2) is 0 Å². The van der Waals surface area contributed by atoms with Crippen molar-refractivity contribution in [3.63, 3.8) is 0 Å². The predicted molar refractivity (Wildman–Crippen MR) is 74.7 cm³/mol. The number of phenols is 1. The number of nitrogens with one attached hydrogen (secondary N) is 2. The smallest absolute Gasteiger partial charge is 0.228 e. The van der Waals surface area contributed by atoms with Crippen LogP contribution in [-0.2, 0) is 11.3 Å². The summed E-state index contributed by atoms with van der Waals surface area (Å²) in [6.07, 6.45) is 0.872. The van der Waals surface area contributed by atoms with Crippen LogP contribution < -0.4 is 10.6 Å². The summed E-state index contributed by atoms with van der Waals surface area (Å²) in [4.78, 5) is 12.5. The van der Waals surface area contributed by atoms with Crippen molar-refractivity contribution in [3.05, 3.63) is 29.8 Å². The second-order valence-electron chi connectivity index (χ2n) is 5.55. The molecule has 0 aliphatic carbocycles. The van der Waals surface area contributed by atoms with Crippen molar-refractivity contribution >= 4 is 5.91 Å². The number of rotatable bonds is 4. The van der Waals surface area contributed by atoms with E-state index in [0.717, 1.165) is 25.1 Å². The summed E-state index contributed by atoms with van der Waals surface area (Å²) in [6, 6.07) is 7.09. The van der Waals surface area contributed by atoms with E-state index in [4.69, 9.17) is 0 Å². The van der Waals surface area contributed by atoms with Crippen molar-refractivity contribution in [1.82, 2.24) is 10.6 Å². The van der Waals surface area contributed by atoms with E-state index in [1.807, 2.05) is 12.1 Å². The molecule has 3 N–H and O–H groups in total. The fourth-order valence-corrected chi connectivity index (χ4v) is 2.67. The van der Waals surface area contributed by atoms with Gasteiger partial charge in [0.15, 0.2) is 0 Å². The summed E-state index contributed by atoms with van der Waals surface area (Å²) < 4.78 is 0. The number of para-hydroxylation sites is 1. The van der Waals surface area contributed by atoms with Crippen LogP contribution in [0.25, 0.3) is 0 Å². The minimum atomic E-state index is -0.315. The first-order valence-corrected chi connectivity index (χ1v) is 6.82. The van der Waals surface area contributed by atoms with E-state index < -0.39 is 0 Å². The highest BCUT2D eigenvalue weighted by Crippen LogP contribution is 2.34. The lowest BCUT2D eigenvalue weighted by atomic mass is 9.75. The highest BCUT2D eigenvalue weighted by atomic mass is 16.3. The Bertz CT molecular complexity index is 451. The Morgan fingerprint density at radius 2 is 2.21 bits per heavy atom. The third-order valence-electron chi connectivity index (χ3n) is 4.18. The average Bonchev–Trinajstić information content (AvgIpc) is 2.88. The van der Waals surface area contributed by atoms with E-state index >= 15 is 0 Å². The van der Waals surface area contributed by atoms with Gasteiger partial charge in [-0.3, -0.25) is 4.79 Å². The van der Waals surface area contributed by atoms with E-state index in [0.29, 0.717) is 12.5 Å². The molecule has 1 atom stereocenters. The highest BCUT2D eigenvalue weighted by Gasteiger charge is 2.43. The SMILES string of the molecule is CC(C)C1(C(=O)NCc2ccccc2O)CCNC1. The van der Waals surface area contributed by atoms with Crippen LogP contribution in [0.1, 0.15) is 25.8 Å². The number of carbonyl (C=O) groups is 1. The second-order valence-corrected chi connectivity index (χ2v) is 5.55. The second kappa shape index (κ2) is 5.61. The van der Waals surface area contributed by atoms with Crippen molar-refractivity contribution in [2.45, 2.75) is 26.8 Å². The molecule has 1 saturated heterocycles. The molecule has 1 heterocycles. The van der Waals surface area contributed by atoms with Crippen LogP contribution in [0.3, 0.4) is 0 Å². The van der Waals surface area contributed by atoms with Gasteiger partial charge in [0.2, 0.25) is 5.91 Å². The van der Waals surface area contributed by atoms with Crippen molar-refractivity contribution in [3.8, 4) is 5.75 Å². The molecule has 1 aliphatic rings. The van der Waals surface area contributed by atoms with Gasteiger partial charge in [-0.05, 0) is 24.9 Å². The largest absolute Gasteiger partial charge is 0.508 e. The van der Waals surface area contributed by atoms with Gasteiger partial charge in [-0.15, -0.1) is 0 Å². The van der Waals surface area contributed by atoms with Gasteiger partial charge in [0.25, 0.3) is 0 Å². The summed E-state index contributed by atoms with van der Waals surface area (Å²) in [5.41, 5.74) is 0.436. The van der Waals surface area contributed by atoms with Crippen molar-refractivity contribution in [2.75, 3.05) is 13.1 Å². The summed E-state index contributed by atoms with van der Waals surface area (Å²) in [5.74, 6) is 0.605. The Labute approximate surface area is 114 Å². The summed E-state index contributed by atoms with van der Waals surface area (Å²) >= 11 is 0. The molecule has 2 rings (SSSR count). The van der Waals surface area contributed by atoms with Crippen LogP contribution in [0.2, 0.25) is 0 Å². The monoisotopic (exact) mass is 262 g/mol. The Balaban J connectivity index is 2.03. The van der Waals surface area contributed by atoms with Crippen LogP contribution in [0.4, 0.5) is 0 Å². The van der Waals surface area contributed by atoms with Gasteiger partial charge in [-0.1, -0.05) is 32.0 Å². The fraction of sp³-hybridized carbons (Fsp3) is 0.533. The van der Waals surface area contributed by atoms with Gasteiger partial charge in [0.1, 0.15) is 5.75 Å². The molecule has 0 spiro atoms. The Hall–Kier alpha value is -1.55. The number of aromatic hydroxyl groups is 1. The number of hydrogen-bond donors (Lipinski definition) is 3. The standard InChI is InChI=1S/C15H22N2O2/c1-11(2)15(7-8-16-10-15)14(19)17-9-12-5-3-4-6-13(12)18/h3-6,11,16,18H,7-10H2,1-2H3,(H,17,19). The maximum absolute atomic E-state index is 12.5. The average molecular weight is 262 g/mol. The van der Waals surface area contributed by atoms with Crippen molar-refractivity contribution in [1.29, 1.82) is 0 Å². The topological polar surface area (TPSA) is 61.4 Å². The van der Waals surface area contributed by atoms with E-state index in [9.17, 15) is 9.90 Å². The van der Waals surface area contributed by atoms with E-state index in [2.05, 4.69) is 24.5 Å². The first kappa shape index (κ1) is 13.9. The lowest BCUT2D eigenvalue weighted by Crippen LogP contribution is -2.45. The van der Waals surface area contributed by atoms with Gasteiger partial charge >= 0.3 is 0 Å². The van der Waals surface area contributed by atoms with E-state index in [1.165, 1.54) is 0 Å². The quantitative estimate of drug-likeness (QED) is 0.773. The lowest BCUT2D eigenvalue weighted by Gasteiger charge is -2.31. The molecular formula is C15H22N2O2. The summed E-state index contributed by atoms with van der Waals surface area (Å²) in [5, 5.41) is 15.9. The van der Waals surface area contributed by atoms with Crippen LogP contribution in [0.5, 0.6) is 5.75 Å². The molecule has 1 unspecified atom stereocenters. The van der Waals surface area contributed by atoms with Crippen LogP contribution >= 0.6 is 0 Å². The Morgan fingerprint density at radius 3 is 2.79 bits per heavy atom. The molecule has 4 heteroatoms. The maximum Gasteiger partial charge on any atom is 0.228 e. The Morgan fingerprint density at radius 1 is 1.47 bits per heavy atom. The van der Waals surface area contributed by atoms with Gasteiger partial charge in [0.05, 0.1) is 5.41 Å². The first-order valence-electron chi connectivity index (χ1n) is 6.82. The molecule has 1 aromatic rings.